The van der Waals surface area contributed by atoms with Crippen LogP contribution in [0.25, 0.3) is 0 Å². The van der Waals surface area contributed by atoms with E-state index in [9.17, 15) is 4.79 Å². The summed E-state index contributed by atoms with van der Waals surface area (Å²) in [6.07, 6.45) is 0. The number of rotatable bonds is 4. The van der Waals surface area contributed by atoms with E-state index >= 15 is 0 Å². The van der Waals surface area contributed by atoms with Crippen LogP contribution < -0.4 is 5.32 Å². The summed E-state index contributed by atoms with van der Waals surface area (Å²) in [6, 6.07) is 6.56. The van der Waals surface area contributed by atoms with Crippen molar-refractivity contribution in [3.63, 3.8) is 0 Å². The van der Waals surface area contributed by atoms with Crippen molar-refractivity contribution < 1.29 is 4.79 Å². The molecule has 1 amide bonds. The van der Waals surface area contributed by atoms with Gasteiger partial charge in [0.25, 0.3) is 5.91 Å². The van der Waals surface area contributed by atoms with Crippen molar-refractivity contribution in [2.24, 2.45) is 0 Å². The summed E-state index contributed by atoms with van der Waals surface area (Å²) in [6.45, 7) is 1.91. The van der Waals surface area contributed by atoms with Crippen molar-refractivity contribution >= 4 is 40.9 Å². The largest absolute Gasteiger partial charge is 0.328 e. The summed E-state index contributed by atoms with van der Waals surface area (Å²) in [5, 5.41) is 11.6. The lowest BCUT2D eigenvalue weighted by Gasteiger charge is -2.10. The SMILES string of the molecule is CCSC(C#N)NC(=O)c1cc(Cl)cc(Cl)c1. The van der Waals surface area contributed by atoms with E-state index in [1.54, 1.807) is 6.07 Å². The molecule has 1 aromatic rings. The molecule has 0 fully saturated rings. The van der Waals surface area contributed by atoms with Gasteiger partial charge in [0.1, 0.15) is 0 Å². The molecule has 17 heavy (non-hydrogen) atoms. The smallest absolute Gasteiger partial charge is 0.253 e. The van der Waals surface area contributed by atoms with Crippen molar-refractivity contribution in [2.75, 3.05) is 5.75 Å². The van der Waals surface area contributed by atoms with E-state index in [0.29, 0.717) is 15.6 Å². The van der Waals surface area contributed by atoms with E-state index in [1.165, 1.54) is 23.9 Å². The van der Waals surface area contributed by atoms with Gasteiger partial charge >= 0.3 is 0 Å². The maximum atomic E-state index is 11.8. The molecule has 6 heteroatoms. The first-order valence-electron chi connectivity index (χ1n) is 4.85. The first kappa shape index (κ1) is 14.2. The molecule has 1 atom stereocenters. The third-order valence-corrected chi connectivity index (χ3v) is 3.16. The second kappa shape index (κ2) is 6.75. The molecule has 0 spiro atoms. The van der Waals surface area contributed by atoms with Gasteiger partial charge in [0.2, 0.25) is 0 Å². The van der Waals surface area contributed by atoms with Crippen molar-refractivity contribution in [1.82, 2.24) is 5.32 Å². The predicted octanol–water partition coefficient (Wildman–Crippen LogP) is 3.33. The monoisotopic (exact) mass is 288 g/mol. The lowest BCUT2D eigenvalue weighted by molar-refractivity contribution is 0.0955. The Morgan fingerprint density at radius 3 is 2.53 bits per heavy atom. The van der Waals surface area contributed by atoms with Gasteiger partial charge in [0, 0.05) is 15.6 Å². The number of nitrogens with zero attached hydrogens (tertiary/aromatic N) is 1. The Hall–Kier alpha value is -0.890. The van der Waals surface area contributed by atoms with Gasteiger partial charge in [-0.05, 0) is 24.0 Å². The maximum absolute atomic E-state index is 11.8. The fourth-order valence-corrected chi connectivity index (χ4v) is 2.29. The summed E-state index contributed by atoms with van der Waals surface area (Å²) in [7, 11) is 0. The van der Waals surface area contributed by atoms with Crippen LogP contribution >= 0.6 is 35.0 Å². The summed E-state index contributed by atoms with van der Waals surface area (Å²) >= 11 is 12.9. The van der Waals surface area contributed by atoms with Gasteiger partial charge < -0.3 is 5.32 Å². The van der Waals surface area contributed by atoms with Crippen molar-refractivity contribution in [3.8, 4) is 6.07 Å². The Bertz CT molecular complexity index is 439. The van der Waals surface area contributed by atoms with Crippen LogP contribution in [0, 0.1) is 11.3 Å². The Morgan fingerprint density at radius 2 is 2.06 bits per heavy atom. The zero-order chi connectivity index (χ0) is 12.8. The number of nitrogens with one attached hydrogen (secondary N) is 1. The van der Waals surface area contributed by atoms with Crippen LogP contribution in [-0.2, 0) is 0 Å². The molecule has 0 aliphatic heterocycles. The highest BCUT2D eigenvalue weighted by molar-refractivity contribution is 8.00. The third kappa shape index (κ3) is 4.47. The lowest BCUT2D eigenvalue weighted by Crippen LogP contribution is -2.31. The molecule has 0 bridgehead atoms. The lowest BCUT2D eigenvalue weighted by atomic mass is 10.2. The van der Waals surface area contributed by atoms with Crippen LogP contribution in [0.5, 0.6) is 0 Å². The molecular formula is C11H10Cl2N2OS. The molecule has 0 saturated heterocycles. The molecule has 0 aliphatic rings. The van der Waals surface area contributed by atoms with E-state index in [0.717, 1.165) is 5.75 Å². The Morgan fingerprint density at radius 1 is 1.47 bits per heavy atom. The minimum absolute atomic E-state index is 0.347. The van der Waals surface area contributed by atoms with Gasteiger partial charge in [-0.25, -0.2) is 0 Å². The zero-order valence-electron chi connectivity index (χ0n) is 9.04. The number of hydrogen-bond acceptors (Lipinski definition) is 3. The van der Waals surface area contributed by atoms with Gasteiger partial charge in [-0.15, -0.1) is 11.8 Å². The molecule has 0 radical (unpaired) electrons. The highest BCUT2D eigenvalue weighted by Crippen LogP contribution is 2.19. The molecule has 0 saturated carbocycles. The third-order valence-electron chi connectivity index (χ3n) is 1.84. The fraction of sp³-hybridized carbons (Fsp3) is 0.273. The topological polar surface area (TPSA) is 52.9 Å². The molecule has 1 aromatic carbocycles. The van der Waals surface area contributed by atoms with Gasteiger partial charge in [0.05, 0.1) is 6.07 Å². The molecule has 1 N–H and O–H groups in total. The normalized spacial score (nSPS) is 11.6. The number of carbonyl (C=O) groups is 1. The standard InChI is InChI=1S/C11H10Cl2N2OS/c1-2-17-10(6-14)15-11(16)7-3-8(12)5-9(13)4-7/h3-5,10H,2H2,1H3,(H,15,16). The molecule has 1 unspecified atom stereocenters. The first-order valence-corrected chi connectivity index (χ1v) is 6.65. The summed E-state index contributed by atoms with van der Waals surface area (Å²) in [5.41, 5.74) is 0.347. The number of nitriles is 1. The Kier molecular flexibility index (Phi) is 5.63. The van der Waals surface area contributed by atoms with Crippen molar-refractivity contribution in [3.05, 3.63) is 33.8 Å². The molecule has 0 heterocycles. The van der Waals surface area contributed by atoms with Crippen molar-refractivity contribution in [2.45, 2.75) is 12.3 Å². The van der Waals surface area contributed by atoms with Crippen LogP contribution in [0.15, 0.2) is 18.2 Å². The van der Waals surface area contributed by atoms with E-state index in [1.807, 2.05) is 13.0 Å². The van der Waals surface area contributed by atoms with Crippen LogP contribution in [0.4, 0.5) is 0 Å². The summed E-state index contributed by atoms with van der Waals surface area (Å²) in [4.78, 5) is 11.8. The molecule has 90 valence electrons. The van der Waals surface area contributed by atoms with Gasteiger partial charge in [-0.2, -0.15) is 5.26 Å². The first-order chi connectivity index (χ1) is 8.06. The number of benzene rings is 1. The van der Waals surface area contributed by atoms with Crippen LogP contribution in [0.1, 0.15) is 17.3 Å². The van der Waals surface area contributed by atoms with E-state index in [2.05, 4.69) is 5.32 Å². The Balaban J connectivity index is 2.79. The van der Waals surface area contributed by atoms with Crippen LogP contribution in [0.2, 0.25) is 10.0 Å². The van der Waals surface area contributed by atoms with E-state index < -0.39 is 5.37 Å². The quantitative estimate of drug-likeness (QED) is 0.865. The summed E-state index contributed by atoms with van der Waals surface area (Å²) in [5.74, 6) is 0.385. The molecule has 1 rings (SSSR count). The van der Waals surface area contributed by atoms with Gasteiger partial charge in [-0.1, -0.05) is 30.1 Å². The molecular weight excluding hydrogens is 279 g/mol. The number of hydrogen-bond donors (Lipinski definition) is 1. The van der Waals surface area contributed by atoms with E-state index in [-0.39, 0.29) is 5.91 Å². The van der Waals surface area contributed by atoms with Crippen LogP contribution in [0.3, 0.4) is 0 Å². The second-order valence-corrected chi connectivity index (χ2v) is 5.35. The van der Waals surface area contributed by atoms with Crippen LogP contribution in [-0.4, -0.2) is 17.0 Å². The summed E-state index contributed by atoms with van der Waals surface area (Å²) < 4.78 is 0. The number of amides is 1. The average molecular weight is 289 g/mol. The maximum Gasteiger partial charge on any atom is 0.253 e. The molecule has 3 nitrogen and oxygen atoms in total. The second-order valence-electron chi connectivity index (χ2n) is 3.10. The molecule has 0 aromatic heterocycles. The minimum Gasteiger partial charge on any atom is -0.328 e. The number of halogens is 2. The Labute approximate surface area is 114 Å². The van der Waals surface area contributed by atoms with Gasteiger partial charge in [0.15, 0.2) is 5.37 Å². The van der Waals surface area contributed by atoms with E-state index in [4.69, 9.17) is 28.5 Å². The number of carbonyl (C=O) groups excluding carboxylic acids is 1. The highest BCUT2D eigenvalue weighted by Gasteiger charge is 2.13. The van der Waals surface area contributed by atoms with Crippen molar-refractivity contribution in [1.29, 1.82) is 5.26 Å². The average Bonchev–Trinajstić information content (AvgIpc) is 2.27. The number of thioether (sulfide) groups is 1. The molecule has 0 aliphatic carbocycles. The fourth-order valence-electron chi connectivity index (χ4n) is 1.17. The van der Waals surface area contributed by atoms with Gasteiger partial charge in [-0.3, -0.25) is 4.79 Å². The zero-order valence-corrected chi connectivity index (χ0v) is 11.4. The highest BCUT2D eigenvalue weighted by atomic mass is 35.5. The minimum atomic E-state index is -0.565. The predicted molar refractivity (Wildman–Crippen MR) is 71.5 cm³/mol.